The van der Waals surface area contributed by atoms with Crippen LogP contribution in [0, 0.1) is 5.92 Å². The van der Waals surface area contributed by atoms with Crippen LogP contribution in [-0.2, 0) is 9.59 Å². The minimum atomic E-state index is -0.163. The first kappa shape index (κ1) is 21.6. The Labute approximate surface area is 156 Å². The highest BCUT2D eigenvalue weighted by atomic mass is 32.1. The second kappa shape index (κ2) is 12.9. The quantitative estimate of drug-likeness (QED) is 0.514. The number of thiazole rings is 1. The summed E-state index contributed by atoms with van der Waals surface area (Å²) in [5.74, 6) is -0.00957. The van der Waals surface area contributed by atoms with Crippen molar-refractivity contribution in [1.82, 2.24) is 9.88 Å². The number of rotatable bonds is 13. The van der Waals surface area contributed by atoms with Crippen LogP contribution in [0.1, 0.15) is 72.1 Å². The molecular formula is C19H33N3O2S. The molecule has 1 aromatic heterocycles. The number of carbonyl (C=O) groups is 2. The third kappa shape index (κ3) is 8.47. The molecule has 1 N–H and O–H groups in total. The SMILES string of the molecule is CCCCCCN(CC(=O)Nc1nccs1)C(=O)[C@@H](CC)CCCC. The van der Waals surface area contributed by atoms with Crippen LogP contribution in [0.5, 0.6) is 0 Å². The average molecular weight is 368 g/mol. The molecule has 0 saturated heterocycles. The average Bonchev–Trinajstić information content (AvgIpc) is 3.11. The molecule has 1 rings (SSSR count). The topological polar surface area (TPSA) is 62.3 Å². The van der Waals surface area contributed by atoms with E-state index >= 15 is 0 Å². The van der Waals surface area contributed by atoms with Gasteiger partial charge in [0.25, 0.3) is 0 Å². The zero-order valence-electron chi connectivity index (χ0n) is 15.9. The Morgan fingerprint density at radius 1 is 1.16 bits per heavy atom. The van der Waals surface area contributed by atoms with E-state index in [0.717, 1.165) is 44.9 Å². The van der Waals surface area contributed by atoms with E-state index < -0.39 is 0 Å². The van der Waals surface area contributed by atoms with E-state index in [4.69, 9.17) is 0 Å². The van der Waals surface area contributed by atoms with Crippen LogP contribution >= 0.6 is 11.3 Å². The molecular weight excluding hydrogens is 334 g/mol. The van der Waals surface area contributed by atoms with Crippen molar-refractivity contribution in [2.45, 2.75) is 72.1 Å². The number of nitrogens with zero attached hydrogens (tertiary/aromatic N) is 2. The highest BCUT2D eigenvalue weighted by Crippen LogP contribution is 2.17. The molecule has 0 saturated carbocycles. The summed E-state index contributed by atoms with van der Waals surface area (Å²) in [4.78, 5) is 31.0. The van der Waals surface area contributed by atoms with E-state index in [1.54, 1.807) is 11.1 Å². The van der Waals surface area contributed by atoms with Gasteiger partial charge in [-0.3, -0.25) is 9.59 Å². The molecule has 0 radical (unpaired) electrons. The Bertz CT molecular complexity index is 491. The monoisotopic (exact) mass is 367 g/mol. The highest BCUT2D eigenvalue weighted by Gasteiger charge is 2.24. The number of carbonyl (C=O) groups excluding carboxylic acids is 2. The molecule has 1 atom stereocenters. The second-order valence-electron chi connectivity index (χ2n) is 6.45. The normalized spacial score (nSPS) is 12.0. The van der Waals surface area contributed by atoms with Gasteiger partial charge in [-0.2, -0.15) is 0 Å². The fourth-order valence-corrected chi connectivity index (χ4v) is 3.37. The van der Waals surface area contributed by atoms with E-state index in [1.807, 2.05) is 5.38 Å². The first-order valence-electron chi connectivity index (χ1n) is 9.60. The lowest BCUT2D eigenvalue weighted by Gasteiger charge is -2.26. The van der Waals surface area contributed by atoms with Gasteiger partial charge in [-0.15, -0.1) is 11.3 Å². The fraction of sp³-hybridized carbons (Fsp3) is 0.737. The van der Waals surface area contributed by atoms with Crippen molar-refractivity contribution >= 4 is 28.3 Å². The molecule has 0 aliphatic heterocycles. The summed E-state index contributed by atoms with van der Waals surface area (Å²) in [6.45, 7) is 7.15. The van der Waals surface area contributed by atoms with Crippen LogP contribution in [0.2, 0.25) is 0 Å². The van der Waals surface area contributed by atoms with Crippen LogP contribution in [-0.4, -0.2) is 34.8 Å². The predicted molar refractivity (Wildman–Crippen MR) is 105 cm³/mol. The highest BCUT2D eigenvalue weighted by molar-refractivity contribution is 7.13. The van der Waals surface area contributed by atoms with Crippen LogP contribution in [0.25, 0.3) is 0 Å². The van der Waals surface area contributed by atoms with E-state index in [1.165, 1.54) is 17.8 Å². The van der Waals surface area contributed by atoms with Crippen LogP contribution in [0.4, 0.5) is 5.13 Å². The molecule has 0 fully saturated rings. The lowest BCUT2D eigenvalue weighted by atomic mass is 9.97. The van der Waals surface area contributed by atoms with Crippen molar-refractivity contribution in [1.29, 1.82) is 0 Å². The first-order valence-corrected chi connectivity index (χ1v) is 10.5. The summed E-state index contributed by atoms with van der Waals surface area (Å²) in [5.41, 5.74) is 0. The summed E-state index contributed by atoms with van der Waals surface area (Å²) < 4.78 is 0. The molecule has 0 spiro atoms. The lowest BCUT2D eigenvalue weighted by molar-refractivity contribution is -0.138. The summed E-state index contributed by atoms with van der Waals surface area (Å²) in [6, 6.07) is 0. The van der Waals surface area contributed by atoms with Gasteiger partial charge in [-0.25, -0.2) is 4.98 Å². The van der Waals surface area contributed by atoms with Crippen molar-refractivity contribution in [3.63, 3.8) is 0 Å². The Balaban J connectivity index is 2.65. The summed E-state index contributed by atoms with van der Waals surface area (Å²) >= 11 is 1.39. The van der Waals surface area contributed by atoms with E-state index in [0.29, 0.717) is 11.7 Å². The Kier molecular flexibility index (Phi) is 11.1. The number of anilines is 1. The molecule has 0 unspecified atom stereocenters. The predicted octanol–water partition coefficient (Wildman–Crippen LogP) is 4.71. The smallest absolute Gasteiger partial charge is 0.245 e. The molecule has 2 amide bonds. The van der Waals surface area contributed by atoms with Gasteiger partial charge >= 0.3 is 0 Å². The Morgan fingerprint density at radius 3 is 2.52 bits per heavy atom. The third-order valence-corrected chi connectivity index (χ3v) is 5.04. The zero-order valence-corrected chi connectivity index (χ0v) is 16.7. The van der Waals surface area contributed by atoms with Gasteiger partial charge in [0.15, 0.2) is 5.13 Å². The molecule has 0 aromatic carbocycles. The van der Waals surface area contributed by atoms with E-state index in [2.05, 4.69) is 31.1 Å². The first-order chi connectivity index (χ1) is 12.1. The number of unbranched alkanes of at least 4 members (excludes halogenated alkanes) is 4. The molecule has 6 heteroatoms. The third-order valence-electron chi connectivity index (χ3n) is 4.35. The van der Waals surface area contributed by atoms with E-state index in [-0.39, 0.29) is 24.3 Å². The van der Waals surface area contributed by atoms with Crippen LogP contribution < -0.4 is 5.32 Å². The summed E-state index contributed by atoms with van der Waals surface area (Å²) in [6.07, 6.45) is 9.92. The van der Waals surface area contributed by atoms with Crippen molar-refractivity contribution in [3.05, 3.63) is 11.6 Å². The Hall–Kier alpha value is -1.43. The maximum absolute atomic E-state index is 12.9. The molecule has 142 valence electrons. The van der Waals surface area contributed by atoms with Gasteiger partial charge in [0.2, 0.25) is 11.8 Å². The maximum Gasteiger partial charge on any atom is 0.245 e. The number of aromatic nitrogens is 1. The van der Waals surface area contributed by atoms with Gasteiger partial charge in [0, 0.05) is 24.0 Å². The second-order valence-corrected chi connectivity index (χ2v) is 7.35. The largest absolute Gasteiger partial charge is 0.333 e. The van der Waals surface area contributed by atoms with Crippen molar-refractivity contribution in [2.24, 2.45) is 5.92 Å². The molecule has 5 nitrogen and oxygen atoms in total. The number of nitrogens with one attached hydrogen (secondary N) is 1. The zero-order chi connectivity index (χ0) is 18.5. The summed E-state index contributed by atoms with van der Waals surface area (Å²) in [5, 5.41) is 5.19. The van der Waals surface area contributed by atoms with Crippen molar-refractivity contribution in [2.75, 3.05) is 18.4 Å². The van der Waals surface area contributed by atoms with Gasteiger partial charge < -0.3 is 10.2 Å². The lowest BCUT2D eigenvalue weighted by Crippen LogP contribution is -2.42. The van der Waals surface area contributed by atoms with Crippen molar-refractivity contribution < 1.29 is 9.59 Å². The number of hydrogen-bond donors (Lipinski definition) is 1. The molecule has 0 aliphatic carbocycles. The van der Waals surface area contributed by atoms with Gasteiger partial charge in [-0.05, 0) is 19.3 Å². The summed E-state index contributed by atoms with van der Waals surface area (Å²) in [7, 11) is 0. The molecule has 1 heterocycles. The van der Waals surface area contributed by atoms with E-state index in [9.17, 15) is 9.59 Å². The standard InChI is InChI=1S/C19H33N3O2S/c1-4-7-9-10-13-22(18(24)16(6-3)11-8-5-2)15-17(23)21-19-20-12-14-25-19/h12,14,16H,4-11,13,15H2,1-3H3,(H,20,21,23)/t16-/m0/s1. The number of amides is 2. The minimum absolute atomic E-state index is 0.0267. The van der Waals surface area contributed by atoms with Gasteiger partial charge in [-0.1, -0.05) is 52.9 Å². The minimum Gasteiger partial charge on any atom is -0.333 e. The van der Waals surface area contributed by atoms with Gasteiger partial charge in [0.1, 0.15) is 0 Å². The Morgan fingerprint density at radius 2 is 1.92 bits per heavy atom. The van der Waals surface area contributed by atoms with Crippen LogP contribution in [0.3, 0.4) is 0 Å². The molecule has 0 aliphatic rings. The molecule has 0 bridgehead atoms. The fourth-order valence-electron chi connectivity index (χ4n) is 2.82. The van der Waals surface area contributed by atoms with Gasteiger partial charge in [0.05, 0.1) is 6.54 Å². The van der Waals surface area contributed by atoms with Crippen LogP contribution in [0.15, 0.2) is 11.6 Å². The molecule has 1 aromatic rings. The number of hydrogen-bond acceptors (Lipinski definition) is 4. The molecule has 25 heavy (non-hydrogen) atoms. The maximum atomic E-state index is 12.9. The van der Waals surface area contributed by atoms with Crippen molar-refractivity contribution in [3.8, 4) is 0 Å².